The molecule has 0 unspecified atom stereocenters. The largest absolute Gasteiger partial charge is 0.228 e. The standard InChI is InChI=1S/C45H32N2/c1-45(2)42-32-19-10-9-14-29(32)24-25-38(42)37-23-13-22-36(43(37)45)35-26-27-39(34-21-12-11-20-33(34)35)44-46-40(30-15-5-3-6-16-30)28-41(47-44)31-17-7-4-8-18-31/h3-28H,1-2H3. The quantitative estimate of drug-likeness (QED) is 0.201. The summed E-state index contributed by atoms with van der Waals surface area (Å²) in [7, 11) is 0. The van der Waals surface area contributed by atoms with Crippen LogP contribution in [0.5, 0.6) is 0 Å². The van der Waals surface area contributed by atoms with Crippen LogP contribution in [0.2, 0.25) is 0 Å². The van der Waals surface area contributed by atoms with Crippen molar-refractivity contribution in [2.75, 3.05) is 0 Å². The summed E-state index contributed by atoms with van der Waals surface area (Å²) in [5.74, 6) is 0.727. The molecule has 0 aliphatic heterocycles. The van der Waals surface area contributed by atoms with Gasteiger partial charge in [-0.05, 0) is 67.1 Å². The lowest BCUT2D eigenvalue weighted by Crippen LogP contribution is -2.17. The molecule has 0 atom stereocenters. The Morgan fingerprint density at radius 1 is 0.383 bits per heavy atom. The molecule has 222 valence electrons. The van der Waals surface area contributed by atoms with Crippen molar-refractivity contribution in [2.45, 2.75) is 19.3 Å². The van der Waals surface area contributed by atoms with E-state index < -0.39 is 0 Å². The van der Waals surface area contributed by atoms with Crippen LogP contribution in [0, 0.1) is 0 Å². The molecule has 2 nitrogen and oxygen atoms in total. The van der Waals surface area contributed by atoms with Gasteiger partial charge in [-0.1, -0.05) is 159 Å². The Morgan fingerprint density at radius 3 is 1.53 bits per heavy atom. The Bertz CT molecular complexity index is 2420. The van der Waals surface area contributed by atoms with Crippen LogP contribution < -0.4 is 0 Å². The van der Waals surface area contributed by atoms with Gasteiger partial charge in [0.15, 0.2) is 5.82 Å². The van der Waals surface area contributed by atoms with Crippen molar-refractivity contribution in [2.24, 2.45) is 0 Å². The number of hydrogen-bond acceptors (Lipinski definition) is 2. The Labute approximate surface area is 275 Å². The molecule has 0 N–H and O–H groups in total. The molecular weight excluding hydrogens is 569 g/mol. The Kier molecular flexibility index (Phi) is 6.20. The average molecular weight is 601 g/mol. The summed E-state index contributed by atoms with van der Waals surface area (Å²) in [6.45, 7) is 4.77. The number of rotatable bonds is 4. The number of hydrogen-bond donors (Lipinski definition) is 0. The summed E-state index contributed by atoms with van der Waals surface area (Å²) in [4.78, 5) is 10.4. The normalized spacial score (nSPS) is 13.1. The second-order valence-corrected chi connectivity index (χ2v) is 13.0. The topological polar surface area (TPSA) is 25.8 Å². The summed E-state index contributed by atoms with van der Waals surface area (Å²) >= 11 is 0. The molecule has 0 spiro atoms. The molecule has 2 heteroatoms. The van der Waals surface area contributed by atoms with Crippen molar-refractivity contribution in [1.29, 1.82) is 0 Å². The predicted molar refractivity (Wildman–Crippen MR) is 196 cm³/mol. The molecule has 7 aromatic carbocycles. The van der Waals surface area contributed by atoms with E-state index >= 15 is 0 Å². The first-order valence-corrected chi connectivity index (χ1v) is 16.3. The molecule has 9 rings (SSSR count). The van der Waals surface area contributed by atoms with Gasteiger partial charge in [-0.25, -0.2) is 9.97 Å². The number of nitrogens with zero attached hydrogens (tertiary/aromatic N) is 2. The fourth-order valence-corrected chi connectivity index (χ4v) is 7.78. The Morgan fingerprint density at radius 2 is 0.872 bits per heavy atom. The molecule has 47 heavy (non-hydrogen) atoms. The zero-order chi connectivity index (χ0) is 31.5. The van der Waals surface area contributed by atoms with Crippen molar-refractivity contribution in [3.8, 4) is 56.2 Å². The molecule has 0 saturated heterocycles. The van der Waals surface area contributed by atoms with E-state index in [0.717, 1.165) is 39.3 Å². The predicted octanol–water partition coefficient (Wildman–Crippen LogP) is 11.8. The van der Waals surface area contributed by atoms with Gasteiger partial charge in [0.1, 0.15) is 0 Å². The highest BCUT2D eigenvalue weighted by Crippen LogP contribution is 2.55. The van der Waals surface area contributed by atoms with Crippen molar-refractivity contribution < 1.29 is 0 Å². The maximum atomic E-state index is 5.18. The summed E-state index contributed by atoms with van der Waals surface area (Å²) in [6.07, 6.45) is 0. The van der Waals surface area contributed by atoms with Gasteiger partial charge in [-0.15, -0.1) is 0 Å². The van der Waals surface area contributed by atoms with E-state index in [0.29, 0.717) is 0 Å². The molecule has 1 aromatic heterocycles. The van der Waals surface area contributed by atoms with Crippen LogP contribution in [0.4, 0.5) is 0 Å². The molecule has 0 radical (unpaired) electrons. The van der Waals surface area contributed by atoms with Gasteiger partial charge in [0.25, 0.3) is 0 Å². The number of fused-ring (bicyclic) bond motifs is 6. The summed E-state index contributed by atoms with van der Waals surface area (Å²) in [5.41, 5.74) is 12.8. The molecule has 0 bridgehead atoms. The number of benzene rings is 7. The summed E-state index contributed by atoms with van der Waals surface area (Å²) < 4.78 is 0. The highest BCUT2D eigenvalue weighted by atomic mass is 14.9. The maximum Gasteiger partial charge on any atom is 0.161 e. The summed E-state index contributed by atoms with van der Waals surface area (Å²) in [5, 5.41) is 4.97. The maximum absolute atomic E-state index is 5.18. The van der Waals surface area contributed by atoms with Crippen LogP contribution in [0.25, 0.3) is 77.7 Å². The van der Waals surface area contributed by atoms with Crippen molar-refractivity contribution in [3.05, 3.63) is 169 Å². The van der Waals surface area contributed by atoms with E-state index in [2.05, 4.69) is 159 Å². The Balaban J connectivity index is 1.26. The third kappa shape index (κ3) is 4.33. The van der Waals surface area contributed by atoms with Crippen LogP contribution >= 0.6 is 0 Å². The Hall–Kier alpha value is -5.86. The lowest BCUT2D eigenvalue weighted by molar-refractivity contribution is 0.668. The van der Waals surface area contributed by atoms with Gasteiger partial charge < -0.3 is 0 Å². The van der Waals surface area contributed by atoms with E-state index in [1.165, 1.54) is 49.5 Å². The van der Waals surface area contributed by atoms with E-state index in [-0.39, 0.29) is 5.41 Å². The minimum Gasteiger partial charge on any atom is -0.228 e. The third-order valence-corrected chi connectivity index (χ3v) is 9.85. The number of aromatic nitrogens is 2. The minimum atomic E-state index is -0.167. The molecule has 0 fully saturated rings. The molecule has 0 saturated carbocycles. The van der Waals surface area contributed by atoms with Gasteiger partial charge in [-0.2, -0.15) is 0 Å². The van der Waals surface area contributed by atoms with Crippen LogP contribution in [-0.2, 0) is 5.41 Å². The first kappa shape index (κ1) is 27.5. The highest BCUT2D eigenvalue weighted by molar-refractivity contribution is 6.07. The molecule has 1 aliphatic rings. The van der Waals surface area contributed by atoms with Gasteiger partial charge in [0.2, 0.25) is 0 Å². The van der Waals surface area contributed by atoms with Gasteiger partial charge in [0.05, 0.1) is 11.4 Å². The smallest absolute Gasteiger partial charge is 0.161 e. The van der Waals surface area contributed by atoms with E-state index in [1.807, 2.05) is 12.1 Å². The zero-order valence-electron chi connectivity index (χ0n) is 26.4. The van der Waals surface area contributed by atoms with Crippen LogP contribution in [-0.4, -0.2) is 9.97 Å². The highest BCUT2D eigenvalue weighted by Gasteiger charge is 2.39. The molecule has 8 aromatic rings. The van der Waals surface area contributed by atoms with E-state index in [9.17, 15) is 0 Å². The molecule has 1 aliphatic carbocycles. The molecular formula is C45H32N2. The second-order valence-electron chi connectivity index (χ2n) is 13.0. The van der Waals surface area contributed by atoms with Gasteiger partial charge in [-0.3, -0.25) is 0 Å². The van der Waals surface area contributed by atoms with E-state index in [4.69, 9.17) is 9.97 Å². The van der Waals surface area contributed by atoms with Crippen LogP contribution in [0.3, 0.4) is 0 Å². The first-order chi connectivity index (χ1) is 23.1. The lowest BCUT2D eigenvalue weighted by Gasteiger charge is -2.26. The zero-order valence-corrected chi connectivity index (χ0v) is 26.4. The first-order valence-electron chi connectivity index (χ1n) is 16.3. The fraction of sp³-hybridized carbons (Fsp3) is 0.0667. The van der Waals surface area contributed by atoms with Gasteiger partial charge in [0, 0.05) is 22.1 Å². The van der Waals surface area contributed by atoms with Crippen molar-refractivity contribution in [1.82, 2.24) is 9.97 Å². The second kappa shape index (κ2) is 10.6. The average Bonchev–Trinajstić information content (AvgIpc) is 3.38. The lowest BCUT2D eigenvalue weighted by atomic mass is 9.77. The fourth-order valence-electron chi connectivity index (χ4n) is 7.78. The van der Waals surface area contributed by atoms with Gasteiger partial charge >= 0.3 is 0 Å². The SMILES string of the molecule is CC1(C)c2c(cccc2-c2ccc(-c3nc(-c4ccccc4)cc(-c4ccccc4)n3)c3ccccc23)-c2ccc3ccccc3c21. The third-order valence-electron chi connectivity index (χ3n) is 9.85. The van der Waals surface area contributed by atoms with Crippen LogP contribution in [0.1, 0.15) is 25.0 Å². The molecule has 0 amide bonds. The van der Waals surface area contributed by atoms with E-state index in [1.54, 1.807) is 0 Å². The summed E-state index contributed by atoms with van der Waals surface area (Å²) in [6, 6.07) is 56.3. The molecule has 1 heterocycles. The minimum absolute atomic E-state index is 0.167. The van der Waals surface area contributed by atoms with Crippen molar-refractivity contribution >= 4 is 21.5 Å². The van der Waals surface area contributed by atoms with Crippen LogP contribution in [0.15, 0.2) is 158 Å². The van der Waals surface area contributed by atoms with Crippen molar-refractivity contribution in [3.63, 3.8) is 0 Å². The monoisotopic (exact) mass is 600 g/mol.